The topological polar surface area (TPSA) is 63.4 Å². The number of hydrogen-bond donors (Lipinski definition) is 1. The van der Waals surface area contributed by atoms with Crippen molar-refractivity contribution in [3.63, 3.8) is 0 Å². The number of alkyl halides is 3. The summed E-state index contributed by atoms with van der Waals surface area (Å²) in [5.41, 5.74) is 5.02. The normalized spacial score (nSPS) is 26.6. The van der Waals surface area contributed by atoms with Gasteiger partial charge in [-0.3, -0.25) is 14.5 Å². The molecule has 8 heteroatoms. The second-order valence-corrected chi connectivity index (χ2v) is 4.83. The third kappa shape index (κ3) is 2.63. The van der Waals surface area contributed by atoms with E-state index >= 15 is 0 Å². The molecular formula is C10H13F3N2O2S. The van der Waals surface area contributed by atoms with E-state index in [2.05, 4.69) is 12.2 Å². The van der Waals surface area contributed by atoms with Gasteiger partial charge >= 0.3 is 6.18 Å². The molecule has 1 rings (SSSR count). The van der Waals surface area contributed by atoms with E-state index in [4.69, 9.17) is 5.73 Å². The lowest BCUT2D eigenvalue weighted by Crippen LogP contribution is -2.45. The summed E-state index contributed by atoms with van der Waals surface area (Å²) < 4.78 is 38.0. The third-order valence-corrected chi connectivity index (χ3v) is 3.45. The van der Waals surface area contributed by atoms with Crippen molar-refractivity contribution >= 4 is 29.0 Å². The minimum atomic E-state index is -4.67. The molecule has 1 aliphatic heterocycles. The zero-order valence-corrected chi connectivity index (χ0v) is 10.6. The molecule has 0 spiro atoms. The number of carbonyl (C=O) groups excluding carboxylic acids is 2. The quantitative estimate of drug-likeness (QED) is 0.622. The molecule has 0 aromatic carbocycles. The van der Waals surface area contributed by atoms with Crippen molar-refractivity contribution in [1.82, 2.24) is 4.90 Å². The maximum Gasteiger partial charge on any atom is 0.399 e. The molecule has 102 valence electrons. The average molecular weight is 282 g/mol. The molecule has 0 radical (unpaired) electrons. The Bertz CT molecular complexity index is 377. The van der Waals surface area contributed by atoms with Gasteiger partial charge in [-0.25, -0.2) is 0 Å². The first-order valence-corrected chi connectivity index (χ1v) is 5.69. The fourth-order valence-corrected chi connectivity index (χ4v) is 1.95. The van der Waals surface area contributed by atoms with Gasteiger partial charge < -0.3 is 5.73 Å². The van der Waals surface area contributed by atoms with Gasteiger partial charge in [-0.2, -0.15) is 13.2 Å². The molecule has 4 nitrogen and oxygen atoms in total. The number of thiocarbonyl (C=S) groups is 1. The third-order valence-electron chi connectivity index (χ3n) is 3.16. The van der Waals surface area contributed by atoms with E-state index in [-0.39, 0.29) is 0 Å². The van der Waals surface area contributed by atoms with Crippen LogP contribution in [0, 0.1) is 17.8 Å². The zero-order chi connectivity index (χ0) is 14.2. The molecule has 0 aromatic heterocycles. The molecule has 2 amide bonds. The molecule has 0 aliphatic carbocycles. The molecule has 1 fully saturated rings. The van der Waals surface area contributed by atoms with Crippen LogP contribution >= 0.6 is 12.2 Å². The van der Waals surface area contributed by atoms with Crippen molar-refractivity contribution in [1.29, 1.82) is 0 Å². The number of carbonyl (C=O) groups is 2. The Morgan fingerprint density at radius 2 is 1.72 bits per heavy atom. The molecule has 1 aliphatic rings. The SMILES string of the molecule is CC1C(=O)N(CC(C(N)=S)C(F)(F)F)C(=O)C1C. The van der Waals surface area contributed by atoms with E-state index < -0.39 is 47.3 Å². The van der Waals surface area contributed by atoms with Crippen LogP contribution in [0.2, 0.25) is 0 Å². The Morgan fingerprint density at radius 3 is 2.00 bits per heavy atom. The van der Waals surface area contributed by atoms with Gasteiger partial charge in [-0.05, 0) is 0 Å². The lowest BCUT2D eigenvalue weighted by molar-refractivity contribution is -0.163. The highest BCUT2D eigenvalue weighted by Gasteiger charge is 2.48. The predicted octanol–water partition coefficient (Wildman–Crippen LogP) is 1.09. The van der Waals surface area contributed by atoms with Gasteiger partial charge in [0.1, 0.15) is 5.92 Å². The van der Waals surface area contributed by atoms with Crippen LogP contribution in [-0.4, -0.2) is 34.4 Å². The van der Waals surface area contributed by atoms with Crippen molar-refractivity contribution in [3.05, 3.63) is 0 Å². The maximum absolute atomic E-state index is 12.7. The standard InChI is InChI=1S/C10H13F3N2O2S/c1-4-5(2)9(17)15(8(4)16)3-6(7(14)18)10(11,12)13/h4-6H,3H2,1-2H3,(H2,14,18). The summed E-state index contributed by atoms with van der Waals surface area (Å²) in [4.78, 5) is 23.2. The van der Waals surface area contributed by atoms with Gasteiger partial charge in [-0.15, -0.1) is 0 Å². The predicted molar refractivity (Wildman–Crippen MR) is 61.4 cm³/mol. The van der Waals surface area contributed by atoms with Crippen LogP contribution in [0.25, 0.3) is 0 Å². The molecule has 3 atom stereocenters. The molecule has 0 aromatic rings. The number of rotatable bonds is 3. The number of nitrogens with two attached hydrogens (primary N) is 1. The molecule has 2 N–H and O–H groups in total. The first kappa shape index (κ1) is 14.9. The van der Waals surface area contributed by atoms with Crippen LogP contribution in [-0.2, 0) is 9.59 Å². The minimum Gasteiger partial charge on any atom is -0.393 e. The number of halogens is 3. The van der Waals surface area contributed by atoms with Gasteiger partial charge in [0.05, 0.1) is 4.99 Å². The summed E-state index contributed by atoms with van der Waals surface area (Å²) in [7, 11) is 0. The van der Waals surface area contributed by atoms with E-state index in [0.29, 0.717) is 4.90 Å². The van der Waals surface area contributed by atoms with Gasteiger partial charge in [0.25, 0.3) is 0 Å². The van der Waals surface area contributed by atoms with E-state index in [0.717, 1.165) is 0 Å². The monoisotopic (exact) mass is 282 g/mol. The lowest BCUT2D eigenvalue weighted by Gasteiger charge is -2.24. The fraction of sp³-hybridized carbons (Fsp3) is 0.700. The molecular weight excluding hydrogens is 269 g/mol. The number of imide groups is 1. The van der Waals surface area contributed by atoms with Crippen LogP contribution in [0.5, 0.6) is 0 Å². The van der Waals surface area contributed by atoms with Gasteiger partial charge in [-0.1, -0.05) is 26.1 Å². The summed E-state index contributed by atoms with van der Waals surface area (Å²) >= 11 is 4.34. The van der Waals surface area contributed by atoms with Gasteiger partial charge in [0.15, 0.2) is 0 Å². The largest absolute Gasteiger partial charge is 0.399 e. The smallest absolute Gasteiger partial charge is 0.393 e. The van der Waals surface area contributed by atoms with E-state index in [9.17, 15) is 22.8 Å². The first-order valence-electron chi connectivity index (χ1n) is 5.28. The molecule has 3 unspecified atom stereocenters. The van der Waals surface area contributed by atoms with E-state index in [1.54, 1.807) is 0 Å². The molecule has 18 heavy (non-hydrogen) atoms. The first-order chi connectivity index (χ1) is 8.07. The van der Waals surface area contributed by atoms with Gasteiger partial charge in [0, 0.05) is 18.4 Å². The average Bonchev–Trinajstić information content (AvgIpc) is 2.39. The second-order valence-electron chi connectivity index (χ2n) is 4.36. The summed E-state index contributed by atoms with van der Waals surface area (Å²) in [6, 6.07) is 0. The summed E-state index contributed by atoms with van der Waals surface area (Å²) in [5.74, 6) is -4.61. The highest BCUT2D eigenvalue weighted by Crippen LogP contribution is 2.31. The molecule has 1 heterocycles. The Morgan fingerprint density at radius 1 is 1.33 bits per heavy atom. The minimum absolute atomic E-state index is 0.604. The van der Waals surface area contributed by atoms with Crippen molar-refractivity contribution in [3.8, 4) is 0 Å². The van der Waals surface area contributed by atoms with Crippen LogP contribution < -0.4 is 5.73 Å². The van der Waals surface area contributed by atoms with Crippen molar-refractivity contribution in [2.24, 2.45) is 23.5 Å². The van der Waals surface area contributed by atoms with Crippen molar-refractivity contribution < 1.29 is 22.8 Å². The summed E-state index contributed by atoms with van der Waals surface area (Å²) in [6.07, 6.45) is -4.67. The van der Waals surface area contributed by atoms with Crippen LogP contribution in [0.4, 0.5) is 13.2 Å². The fourth-order valence-electron chi connectivity index (χ4n) is 1.75. The highest BCUT2D eigenvalue weighted by molar-refractivity contribution is 7.80. The van der Waals surface area contributed by atoms with Crippen LogP contribution in [0.3, 0.4) is 0 Å². The van der Waals surface area contributed by atoms with Crippen LogP contribution in [0.1, 0.15) is 13.8 Å². The number of likely N-dealkylation sites (tertiary alicyclic amines) is 1. The zero-order valence-electron chi connectivity index (χ0n) is 9.82. The van der Waals surface area contributed by atoms with Crippen molar-refractivity contribution in [2.75, 3.05) is 6.54 Å². The summed E-state index contributed by atoms with van der Waals surface area (Å²) in [6.45, 7) is 2.19. The van der Waals surface area contributed by atoms with E-state index in [1.807, 2.05) is 0 Å². The Labute approximate surface area is 107 Å². The molecule has 0 saturated carbocycles. The van der Waals surface area contributed by atoms with Crippen molar-refractivity contribution in [2.45, 2.75) is 20.0 Å². The number of hydrogen-bond acceptors (Lipinski definition) is 3. The summed E-state index contributed by atoms with van der Waals surface area (Å²) in [5, 5.41) is 0. The Balaban J connectivity index is 2.93. The highest BCUT2D eigenvalue weighted by atomic mass is 32.1. The second kappa shape index (κ2) is 4.83. The lowest BCUT2D eigenvalue weighted by atomic mass is 10.00. The maximum atomic E-state index is 12.7. The van der Waals surface area contributed by atoms with Crippen LogP contribution in [0.15, 0.2) is 0 Å². The molecule has 1 saturated heterocycles. The number of nitrogens with zero attached hydrogens (tertiary/aromatic N) is 1. The van der Waals surface area contributed by atoms with E-state index in [1.165, 1.54) is 13.8 Å². The Hall–Kier alpha value is -1.18. The molecule has 0 bridgehead atoms. The van der Waals surface area contributed by atoms with Gasteiger partial charge in [0.2, 0.25) is 11.8 Å². The number of amides is 2. The Kier molecular flexibility index (Phi) is 3.99.